The van der Waals surface area contributed by atoms with E-state index >= 15 is 0 Å². The lowest BCUT2D eigenvalue weighted by Crippen LogP contribution is -2.44. The monoisotopic (exact) mass is 267 g/mol. The Hall–Kier alpha value is -1.13. The highest BCUT2D eigenvalue weighted by Gasteiger charge is 2.38. The number of anilines is 1. The number of nitrogens with two attached hydrogens (primary N) is 1. The molecule has 1 aromatic rings. The summed E-state index contributed by atoms with van der Waals surface area (Å²) in [6.45, 7) is 0.378. The molecule has 0 aliphatic heterocycles. The van der Waals surface area contributed by atoms with Gasteiger partial charge in [0.15, 0.2) is 5.82 Å². The van der Waals surface area contributed by atoms with Gasteiger partial charge in [0.2, 0.25) is 5.91 Å². The second-order valence-corrected chi connectivity index (χ2v) is 5.24. The van der Waals surface area contributed by atoms with Crippen molar-refractivity contribution in [2.45, 2.75) is 32.1 Å². The Balaban J connectivity index is 2.13. The van der Waals surface area contributed by atoms with Crippen molar-refractivity contribution in [3.63, 3.8) is 0 Å². The van der Waals surface area contributed by atoms with Crippen LogP contribution in [-0.4, -0.2) is 17.4 Å². The zero-order chi connectivity index (χ0) is 13.0. The highest BCUT2D eigenvalue weighted by Crippen LogP contribution is 2.36. The van der Waals surface area contributed by atoms with Gasteiger partial charge in [-0.2, -0.15) is 0 Å². The van der Waals surface area contributed by atoms with E-state index in [1.54, 1.807) is 18.3 Å². The Kier molecular flexibility index (Phi) is 4.19. The van der Waals surface area contributed by atoms with Gasteiger partial charge >= 0.3 is 0 Å². The van der Waals surface area contributed by atoms with E-state index in [-0.39, 0.29) is 5.91 Å². The third-order valence-electron chi connectivity index (χ3n) is 3.67. The molecule has 1 aliphatic carbocycles. The lowest BCUT2D eigenvalue weighted by Gasteiger charge is -2.34. The van der Waals surface area contributed by atoms with E-state index in [0.29, 0.717) is 17.4 Å². The van der Waals surface area contributed by atoms with Crippen molar-refractivity contribution in [1.82, 2.24) is 4.98 Å². The van der Waals surface area contributed by atoms with Crippen LogP contribution < -0.4 is 11.1 Å². The summed E-state index contributed by atoms with van der Waals surface area (Å²) in [7, 11) is 0. The lowest BCUT2D eigenvalue weighted by molar-refractivity contribution is -0.126. The van der Waals surface area contributed by atoms with Gasteiger partial charge in [0, 0.05) is 12.7 Å². The molecule has 0 bridgehead atoms. The molecule has 0 aromatic carbocycles. The molecule has 18 heavy (non-hydrogen) atoms. The third-order valence-corrected chi connectivity index (χ3v) is 3.98. The maximum absolute atomic E-state index is 12.4. The molecule has 1 fully saturated rings. The van der Waals surface area contributed by atoms with E-state index in [9.17, 15) is 4.79 Å². The van der Waals surface area contributed by atoms with Gasteiger partial charge in [0.1, 0.15) is 0 Å². The molecular weight excluding hydrogens is 250 g/mol. The Morgan fingerprint density at radius 2 is 2.17 bits per heavy atom. The van der Waals surface area contributed by atoms with Gasteiger partial charge in [-0.3, -0.25) is 4.79 Å². The highest BCUT2D eigenvalue weighted by atomic mass is 35.5. The van der Waals surface area contributed by atoms with Crippen molar-refractivity contribution in [3.8, 4) is 0 Å². The molecule has 4 nitrogen and oxygen atoms in total. The van der Waals surface area contributed by atoms with Crippen LogP contribution in [0, 0.1) is 5.41 Å². The zero-order valence-electron chi connectivity index (χ0n) is 10.3. The van der Waals surface area contributed by atoms with Crippen LogP contribution in [0.3, 0.4) is 0 Å². The quantitative estimate of drug-likeness (QED) is 0.884. The zero-order valence-corrected chi connectivity index (χ0v) is 11.0. The molecular formula is C13H18ClN3O. The fourth-order valence-corrected chi connectivity index (χ4v) is 2.64. The Bertz CT molecular complexity index is 430. The van der Waals surface area contributed by atoms with Crippen molar-refractivity contribution < 1.29 is 4.79 Å². The van der Waals surface area contributed by atoms with Crippen LogP contribution in [0.25, 0.3) is 0 Å². The molecule has 0 radical (unpaired) electrons. The molecule has 1 saturated carbocycles. The number of rotatable bonds is 3. The molecule has 1 amide bonds. The highest BCUT2D eigenvalue weighted by molar-refractivity contribution is 6.33. The first-order valence-corrected chi connectivity index (χ1v) is 6.68. The standard InChI is InChI=1S/C13H18ClN3O/c14-10-5-4-8-16-11(10)17-12(18)13(9-15)6-2-1-3-7-13/h4-5,8H,1-3,6-7,9,15H2,(H,16,17,18). The summed E-state index contributed by atoms with van der Waals surface area (Å²) in [6, 6.07) is 3.44. The predicted molar refractivity (Wildman–Crippen MR) is 72.4 cm³/mol. The molecule has 1 aromatic heterocycles. The molecule has 0 unspecified atom stereocenters. The van der Waals surface area contributed by atoms with Crippen molar-refractivity contribution >= 4 is 23.3 Å². The van der Waals surface area contributed by atoms with Crippen LogP contribution >= 0.6 is 11.6 Å². The minimum absolute atomic E-state index is 0.0506. The van der Waals surface area contributed by atoms with Crippen LogP contribution in [-0.2, 0) is 4.79 Å². The number of carbonyl (C=O) groups excluding carboxylic acids is 1. The van der Waals surface area contributed by atoms with Crippen molar-refractivity contribution in [2.75, 3.05) is 11.9 Å². The predicted octanol–water partition coefficient (Wildman–Crippen LogP) is 2.58. The molecule has 98 valence electrons. The third kappa shape index (κ3) is 2.65. The molecule has 2 rings (SSSR count). The first kappa shape index (κ1) is 13.3. The average Bonchev–Trinajstić information content (AvgIpc) is 2.42. The average molecular weight is 268 g/mol. The minimum atomic E-state index is -0.445. The van der Waals surface area contributed by atoms with E-state index in [1.165, 1.54) is 6.42 Å². The molecule has 3 N–H and O–H groups in total. The lowest BCUT2D eigenvalue weighted by atomic mass is 9.73. The van der Waals surface area contributed by atoms with Gasteiger partial charge in [0.05, 0.1) is 10.4 Å². The smallest absolute Gasteiger partial charge is 0.233 e. The number of nitrogens with one attached hydrogen (secondary N) is 1. The summed E-state index contributed by atoms with van der Waals surface area (Å²) in [5.74, 6) is 0.368. The van der Waals surface area contributed by atoms with Crippen molar-refractivity contribution in [3.05, 3.63) is 23.4 Å². The maximum atomic E-state index is 12.4. The summed E-state index contributed by atoms with van der Waals surface area (Å²) in [4.78, 5) is 16.5. The molecule has 1 heterocycles. The van der Waals surface area contributed by atoms with Crippen molar-refractivity contribution in [2.24, 2.45) is 11.1 Å². The van der Waals surface area contributed by atoms with Gasteiger partial charge in [-0.05, 0) is 25.0 Å². The van der Waals surface area contributed by atoms with Crippen LogP contribution in [0.5, 0.6) is 0 Å². The van der Waals surface area contributed by atoms with E-state index in [2.05, 4.69) is 10.3 Å². The summed E-state index contributed by atoms with van der Waals surface area (Å²) < 4.78 is 0. The summed E-state index contributed by atoms with van der Waals surface area (Å²) >= 11 is 5.99. The first-order chi connectivity index (χ1) is 8.68. The number of carbonyl (C=O) groups is 1. The Morgan fingerprint density at radius 1 is 1.44 bits per heavy atom. The van der Waals surface area contributed by atoms with E-state index in [1.807, 2.05) is 0 Å². The number of halogens is 1. The van der Waals surface area contributed by atoms with Crippen LogP contribution in [0.2, 0.25) is 5.02 Å². The van der Waals surface area contributed by atoms with Crippen LogP contribution in [0.1, 0.15) is 32.1 Å². The summed E-state index contributed by atoms with van der Waals surface area (Å²) in [5, 5.41) is 3.26. The second-order valence-electron chi connectivity index (χ2n) is 4.83. The van der Waals surface area contributed by atoms with Gasteiger partial charge < -0.3 is 11.1 Å². The first-order valence-electron chi connectivity index (χ1n) is 6.30. The SMILES string of the molecule is NCC1(C(=O)Nc2ncccc2Cl)CCCCC1. The van der Waals surface area contributed by atoms with Crippen LogP contribution in [0.4, 0.5) is 5.82 Å². The van der Waals surface area contributed by atoms with Crippen LogP contribution in [0.15, 0.2) is 18.3 Å². The fraction of sp³-hybridized carbons (Fsp3) is 0.538. The summed E-state index contributed by atoms with van der Waals surface area (Å²) in [5.41, 5.74) is 5.37. The molecule has 0 saturated heterocycles. The van der Waals surface area contributed by atoms with E-state index in [4.69, 9.17) is 17.3 Å². The number of pyridine rings is 1. The second kappa shape index (κ2) is 5.67. The van der Waals surface area contributed by atoms with Crippen molar-refractivity contribution in [1.29, 1.82) is 0 Å². The van der Waals surface area contributed by atoms with Gasteiger partial charge in [-0.15, -0.1) is 0 Å². The van der Waals surface area contributed by atoms with E-state index in [0.717, 1.165) is 25.7 Å². The minimum Gasteiger partial charge on any atom is -0.329 e. The number of hydrogen-bond donors (Lipinski definition) is 2. The number of nitrogens with zero attached hydrogens (tertiary/aromatic N) is 1. The number of amides is 1. The maximum Gasteiger partial charge on any atom is 0.233 e. The Morgan fingerprint density at radius 3 is 2.78 bits per heavy atom. The molecule has 0 spiro atoms. The van der Waals surface area contributed by atoms with Gasteiger partial charge in [-0.25, -0.2) is 4.98 Å². The van der Waals surface area contributed by atoms with Gasteiger partial charge in [0.25, 0.3) is 0 Å². The fourth-order valence-electron chi connectivity index (χ4n) is 2.47. The molecule has 5 heteroatoms. The topological polar surface area (TPSA) is 68.0 Å². The molecule has 0 atom stereocenters. The van der Waals surface area contributed by atoms with E-state index < -0.39 is 5.41 Å². The number of aromatic nitrogens is 1. The summed E-state index contributed by atoms with van der Waals surface area (Å²) in [6.07, 6.45) is 6.59. The Labute approximate surface area is 112 Å². The normalized spacial score (nSPS) is 18.3. The largest absolute Gasteiger partial charge is 0.329 e. The molecule has 1 aliphatic rings. The van der Waals surface area contributed by atoms with Gasteiger partial charge in [-0.1, -0.05) is 30.9 Å². The number of hydrogen-bond acceptors (Lipinski definition) is 3.